The van der Waals surface area contributed by atoms with Gasteiger partial charge >= 0.3 is 6.03 Å². The molecule has 1 aromatic carbocycles. The molecule has 2 amide bonds. The van der Waals surface area contributed by atoms with Gasteiger partial charge in [0.2, 0.25) is 5.95 Å². The van der Waals surface area contributed by atoms with Gasteiger partial charge in [-0.25, -0.2) is 9.78 Å². The van der Waals surface area contributed by atoms with E-state index in [0.717, 1.165) is 42.2 Å². The fourth-order valence-corrected chi connectivity index (χ4v) is 5.40. The van der Waals surface area contributed by atoms with Gasteiger partial charge in [-0.1, -0.05) is 38.1 Å². The summed E-state index contributed by atoms with van der Waals surface area (Å²) in [7, 11) is 0. The molecule has 0 saturated carbocycles. The van der Waals surface area contributed by atoms with Crippen molar-refractivity contribution in [3.63, 3.8) is 0 Å². The number of nitrogens with one attached hydrogen (secondary N) is 2. The number of anilines is 1. The number of piperidine rings is 1. The molecule has 9 nitrogen and oxygen atoms in total. The highest BCUT2D eigenvalue weighted by atomic mass is 16.5. The van der Waals surface area contributed by atoms with Crippen LogP contribution < -0.4 is 16.2 Å². The average Bonchev–Trinajstić information content (AvgIpc) is 2.94. The number of hydrogen-bond donors (Lipinski definition) is 2. The van der Waals surface area contributed by atoms with Gasteiger partial charge in [0.15, 0.2) is 0 Å². The molecule has 1 atom stereocenters. The lowest BCUT2D eigenvalue weighted by Gasteiger charge is -2.33. The number of ether oxygens (including phenoxy) is 1. The zero-order valence-corrected chi connectivity index (χ0v) is 23.4. The van der Waals surface area contributed by atoms with Crippen molar-refractivity contribution in [1.29, 1.82) is 0 Å². The lowest BCUT2D eigenvalue weighted by Crippen LogP contribution is -2.50. The number of fused-ring (bicyclic) bond motifs is 1. The van der Waals surface area contributed by atoms with E-state index in [1.54, 1.807) is 0 Å². The SMILES string of the molecule is Cc1ccccc1-c1cc2cnc(NC3CCN(C(=O)NC(C)C(C)C)CC3)nc2n(C2CCOCC2)c1=O. The standard InChI is InChI=1S/C30H40N6O3/c1-19(2)21(4)32-30(38)35-13-9-23(10-14-35)33-29-31-18-22-17-26(25-8-6-5-7-20(25)3)28(37)36(27(22)34-29)24-11-15-39-16-12-24/h5-8,17-19,21,23-24H,9-16H2,1-4H3,(H,32,38)(H,31,33,34). The Morgan fingerprint density at radius 2 is 1.77 bits per heavy atom. The zero-order chi connectivity index (χ0) is 27.5. The summed E-state index contributed by atoms with van der Waals surface area (Å²) in [6.07, 6.45) is 4.98. The molecule has 0 radical (unpaired) electrons. The highest BCUT2D eigenvalue weighted by molar-refractivity contribution is 5.82. The van der Waals surface area contributed by atoms with Crippen molar-refractivity contribution in [2.24, 2.45) is 5.92 Å². The van der Waals surface area contributed by atoms with E-state index < -0.39 is 0 Å². The molecule has 5 rings (SSSR count). The molecule has 4 heterocycles. The summed E-state index contributed by atoms with van der Waals surface area (Å²) in [5.74, 6) is 0.909. The van der Waals surface area contributed by atoms with Crippen LogP contribution >= 0.6 is 0 Å². The maximum atomic E-state index is 14.0. The Balaban J connectivity index is 1.39. The quantitative estimate of drug-likeness (QED) is 0.475. The number of likely N-dealkylation sites (tertiary alicyclic amines) is 1. The van der Waals surface area contributed by atoms with Gasteiger partial charge in [-0.05, 0) is 62.6 Å². The Morgan fingerprint density at radius 3 is 2.46 bits per heavy atom. The minimum absolute atomic E-state index is 0.00143. The molecule has 2 fully saturated rings. The number of pyridine rings is 1. The molecule has 208 valence electrons. The van der Waals surface area contributed by atoms with Crippen molar-refractivity contribution < 1.29 is 9.53 Å². The number of amides is 2. The summed E-state index contributed by atoms with van der Waals surface area (Å²) in [5, 5.41) is 7.42. The Hall–Kier alpha value is -3.46. The van der Waals surface area contributed by atoms with Crippen molar-refractivity contribution in [3.05, 3.63) is 52.4 Å². The maximum absolute atomic E-state index is 14.0. The van der Waals surface area contributed by atoms with Crippen LogP contribution in [-0.2, 0) is 4.74 Å². The normalized spacial score (nSPS) is 17.9. The predicted octanol–water partition coefficient (Wildman–Crippen LogP) is 4.75. The second kappa shape index (κ2) is 11.7. The Kier molecular flexibility index (Phi) is 8.16. The third kappa shape index (κ3) is 5.93. The molecule has 0 aliphatic carbocycles. The molecule has 0 spiro atoms. The molecule has 9 heteroatoms. The second-order valence-corrected chi connectivity index (χ2v) is 11.3. The molecule has 1 unspecified atom stereocenters. The lowest BCUT2D eigenvalue weighted by molar-refractivity contribution is 0.0697. The molecule has 39 heavy (non-hydrogen) atoms. The third-order valence-electron chi connectivity index (χ3n) is 8.23. The number of nitrogens with zero attached hydrogens (tertiary/aromatic N) is 4. The van der Waals surface area contributed by atoms with Crippen molar-refractivity contribution in [2.75, 3.05) is 31.6 Å². The van der Waals surface area contributed by atoms with Gasteiger partial charge in [0.1, 0.15) is 5.65 Å². The Labute approximate surface area is 230 Å². The first-order valence-electron chi connectivity index (χ1n) is 14.2. The largest absolute Gasteiger partial charge is 0.381 e. The predicted molar refractivity (Wildman–Crippen MR) is 154 cm³/mol. The van der Waals surface area contributed by atoms with Crippen LogP contribution in [0, 0.1) is 12.8 Å². The van der Waals surface area contributed by atoms with E-state index in [0.29, 0.717) is 49.4 Å². The van der Waals surface area contributed by atoms with Gasteiger partial charge in [-0.2, -0.15) is 4.98 Å². The molecule has 0 bridgehead atoms. The van der Waals surface area contributed by atoms with Crippen molar-refractivity contribution in [2.45, 2.75) is 71.5 Å². The molecule has 2 N–H and O–H groups in total. The van der Waals surface area contributed by atoms with E-state index in [1.807, 2.05) is 59.8 Å². The van der Waals surface area contributed by atoms with Gasteiger partial charge < -0.3 is 20.3 Å². The summed E-state index contributed by atoms with van der Waals surface area (Å²) in [6, 6.07) is 10.2. The number of rotatable bonds is 6. The van der Waals surface area contributed by atoms with E-state index in [-0.39, 0.29) is 29.7 Å². The molecule has 2 aliphatic heterocycles. The van der Waals surface area contributed by atoms with Crippen LogP contribution in [0.4, 0.5) is 10.7 Å². The van der Waals surface area contributed by atoms with Crippen LogP contribution in [0.5, 0.6) is 0 Å². The fraction of sp³-hybridized carbons (Fsp3) is 0.533. The number of carbonyl (C=O) groups is 1. The minimum atomic E-state index is -0.0247. The molecule has 2 aliphatic rings. The summed E-state index contributed by atoms with van der Waals surface area (Å²) >= 11 is 0. The van der Waals surface area contributed by atoms with Gasteiger partial charge in [-0.3, -0.25) is 9.36 Å². The highest BCUT2D eigenvalue weighted by Gasteiger charge is 2.26. The summed E-state index contributed by atoms with van der Waals surface area (Å²) in [5.41, 5.74) is 3.30. The highest BCUT2D eigenvalue weighted by Crippen LogP contribution is 2.28. The summed E-state index contributed by atoms with van der Waals surface area (Å²) in [6.45, 7) is 10.9. The number of benzene rings is 1. The van der Waals surface area contributed by atoms with Crippen LogP contribution in [0.1, 0.15) is 58.1 Å². The van der Waals surface area contributed by atoms with E-state index in [4.69, 9.17) is 9.72 Å². The van der Waals surface area contributed by atoms with E-state index in [1.165, 1.54) is 0 Å². The van der Waals surface area contributed by atoms with Gasteiger partial charge in [0.25, 0.3) is 5.56 Å². The summed E-state index contributed by atoms with van der Waals surface area (Å²) in [4.78, 5) is 38.0. The Morgan fingerprint density at radius 1 is 1.05 bits per heavy atom. The molecule has 3 aromatic rings. The van der Waals surface area contributed by atoms with Gasteiger partial charge in [0.05, 0.1) is 0 Å². The average molecular weight is 533 g/mol. The van der Waals surface area contributed by atoms with E-state index in [9.17, 15) is 9.59 Å². The van der Waals surface area contributed by atoms with Crippen LogP contribution in [0.15, 0.2) is 41.3 Å². The third-order valence-corrected chi connectivity index (χ3v) is 8.23. The van der Waals surface area contributed by atoms with Crippen molar-refractivity contribution >= 4 is 23.0 Å². The topological polar surface area (TPSA) is 101 Å². The van der Waals surface area contributed by atoms with Crippen molar-refractivity contribution in [3.8, 4) is 11.1 Å². The van der Waals surface area contributed by atoms with Crippen LogP contribution in [-0.4, -0.2) is 63.9 Å². The molecular formula is C30H40N6O3. The lowest BCUT2D eigenvalue weighted by atomic mass is 10.00. The minimum Gasteiger partial charge on any atom is -0.381 e. The first-order valence-corrected chi connectivity index (χ1v) is 14.2. The number of carbonyl (C=O) groups excluding carboxylic acids is 1. The molecular weight excluding hydrogens is 492 g/mol. The number of aromatic nitrogens is 3. The number of hydrogen-bond acceptors (Lipinski definition) is 6. The van der Waals surface area contributed by atoms with Crippen molar-refractivity contribution in [1.82, 2.24) is 24.8 Å². The smallest absolute Gasteiger partial charge is 0.317 e. The number of urea groups is 1. The number of aryl methyl sites for hydroxylation is 1. The first kappa shape index (κ1) is 27.1. The van der Waals surface area contributed by atoms with Gasteiger partial charge in [-0.15, -0.1) is 0 Å². The second-order valence-electron chi connectivity index (χ2n) is 11.3. The van der Waals surface area contributed by atoms with Gasteiger partial charge in [0, 0.05) is 61.6 Å². The molecule has 2 aromatic heterocycles. The van der Waals surface area contributed by atoms with Crippen LogP contribution in [0.25, 0.3) is 22.2 Å². The Bertz CT molecular complexity index is 1370. The monoisotopic (exact) mass is 532 g/mol. The summed E-state index contributed by atoms with van der Waals surface area (Å²) < 4.78 is 7.47. The van der Waals surface area contributed by atoms with E-state index in [2.05, 4.69) is 29.5 Å². The zero-order valence-electron chi connectivity index (χ0n) is 23.4. The van der Waals surface area contributed by atoms with E-state index >= 15 is 0 Å². The van der Waals surface area contributed by atoms with Crippen LogP contribution in [0.2, 0.25) is 0 Å². The fourth-order valence-electron chi connectivity index (χ4n) is 5.40. The first-order chi connectivity index (χ1) is 18.8. The van der Waals surface area contributed by atoms with Crippen LogP contribution in [0.3, 0.4) is 0 Å². The molecule has 2 saturated heterocycles. The maximum Gasteiger partial charge on any atom is 0.317 e.